The summed E-state index contributed by atoms with van der Waals surface area (Å²) in [7, 11) is 0. The highest BCUT2D eigenvalue weighted by Crippen LogP contribution is 2.45. The van der Waals surface area contributed by atoms with Gasteiger partial charge in [-0.3, -0.25) is 0 Å². The number of hydrogen-bond donors (Lipinski definition) is 2. The molecule has 2 nitrogen and oxygen atoms in total. The maximum absolute atomic E-state index is 11.1. The van der Waals surface area contributed by atoms with Gasteiger partial charge in [0.25, 0.3) is 0 Å². The maximum atomic E-state index is 11.1. The fraction of sp³-hybridized carbons (Fsp3) is 0.500. The molecule has 0 unspecified atom stereocenters. The molecule has 2 aromatic carbocycles. The van der Waals surface area contributed by atoms with Crippen LogP contribution in [0.1, 0.15) is 77.6 Å². The SMILES string of the molecule is CCc1cc(-c2cc(CC)cc(C(C)(C)C)c2O)c(O)c(C(C)(C)C)c1. The van der Waals surface area contributed by atoms with Crippen molar-refractivity contribution in [2.45, 2.75) is 79.1 Å². The topological polar surface area (TPSA) is 40.5 Å². The van der Waals surface area contributed by atoms with Crippen LogP contribution in [0, 0.1) is 0 Å². The first-order valence-electron chi connectivity index (χ1n) is 9.63. The van der Waals surface area contributed by atoms with Crippen LogP contribution in [0.4, 0.5) is 0 Å². The number of phenols is 2. The molecular formula is C24H34O2. The van der Waals surface area contributed by atoms with Gasteiger partial charge in [-0.15, -0.1) is 0 Å². The van der Waals surface area contributed by atoms with E-state index in [-0.39, 0.29) is 22.3 Å². The lowest BCUT2D eigenvalue weighted by atomic mass is 9.80. The largest absolute Gasteiger partial charge is 0.507 e. The second kappa shape index (κ2) is 6.98. The third-order valence-corrected chi connectivity index (χ3v) is 5.06. The van der Waals surface area contributed by atoms with Crippen LogP contribution in [-0.4, -0.2) is 10.2 Å². The van der Waals surface area contributed by atoms with Crippen molar-refractivity contribution in [2.75, 3.05) is 0 Å². The summed E-state index contributed by atoms with van der Waals surface area (Å²) >= 11 is 0. The predicted octanol–water partition coefficient (Wildman–Crippen LogP) is 6.48. The van der Waals surface area contributed by atoms with Crippen LogP contribution in [0.5, 0.6) is 11.5 Å². The van der Waals surface area contributed by atoms with E-state index >= 15 is 0 Å². The average molecular weight is 355 g/mol. The monoisotopic (exact) mass is 354 g/mol. The smallest absolute Gasteiger partial charge is 0.127 e. The molecule has 0 aliphatic rings. The van der Waals surface area contributed by atoms with Crippen LogP contribution >= 0.6 is 0 Å². The van der Waals surface area contributed by atoms with E-state index in [1.165, 1.54) is 11.1 Å². The van der Waals surface area contributed by atoms with Crippen LogP contribution in [0.3, 0.4) is 0 Å². The highest BCUT2D eigenvalue weighted by atomic mass is 16.3. The Kier molecular flexibility index (Phi) is 5.46. The molecule has 2 heteroatoms. The number of phenolic OH excluding ortho intramolecular Hbond substituents is 2. The van der Waals surface area contributed by atoms with Crippen LogP contribution in [0.25, 0.3) is 11.1 Å². The fourth-order valence-corrected chi connectivity index (χ4v) is 3.35. The predicted molar refractivity (Wildman–Crippen MR) is 111 cm³/mol. The number of aromatic hydroxyl groups is 2. The fourth-order valence-electron chi connectivity index (χ4n) is 3.35. The van der Waals surface area contributed by atoms with E-state index in [4.69, 9.17) is 0 Å². The van der Waals surface area contributed by atoms with E-state index in [2.05, 4.69) is 67.5 Å². The summed E-state index contributed by atoms with van der Waals surface area (Å²) in [6.07, 6.45) is 1.77. The molecule has 0 spiro atoms. The van der Waals surface area contributed by atoms with E-state index < -0.39 is 0 Å². The summed E-state index contributed by atoms with van der Waals surface area (Å²) in [6, 6.07) is 8.21. The van der Waals surface area contributed by atoms with E-state index in [1.807, 2.05) is 12.1 Å². The highest BCUT2D eigenvalue weighted by Gasteiger charge is 2.26. The molecule has 26 heavy (non-hydrogen) atoms. The third-order valence-electron chi connectivity index (χ3n) is 5.06. The molecule has 0 aromatic heterocycles. The van der Waals surface area contributed by atoms with E-state index in [1.54, 1.807) is 0 Å². The Hall–Kier alpha value is -1.96. The molecule has 2 aromatic rings. The first-order chi connectivity index (χ1) is 11.9. The summed E-state index contributed by atoms with van der Waals surface area (Å²) in [4.78, 5) is 0. The molecule has 0 radical (unpaired) electrons. The second-order valence-corrected chi connectivity index (χ2v) is 9.29. The Balaban J connectivity index is 2.88. The molecule has 0 saturated carbocycles. The minimum Gasteiger partial charge on any atom is -0.507 e. The lowest BCUT2D eigenvalue weighted by Gasteiger charge is -2.26. The summed E-state index contributed by atoms with van der Waals surface area (Å²) in [5.41, 5.74) is 5.29. The molecule has 0 bridgehead atoms. The number of aryl methyl sites for hydroxylation is 2. The summed E-state index contributed by atoms with van der Waals surface area (Å²) in [5.74, 6) is 0.552. The molecule has 0 saturated heterocycles. The quantitative estimate of drug-likeness (QED) is 0.662. The zero-order valence-corrected chi connectivity index (χ0v) is 17.6. The molecule has 2 N–H and O–H groups in total. The van der Waals surface area contributed by atoms with Gasteiger partial charge in [-0.25, -0.2) is 0 Å². The van der Waals surface area contributed by atoms with Gasteiger partial charge in [0, 0.05) is 22.3 Å². The molecule has 0 amide bonds. The number of hydrogen-bond acceptors (Lipinski definition) is 2. The average Bonchev–Trinajstić information content (AvgIpc) is 2.53. The first-order valence-corrected chi connectivity index (χ1v) is 9.63. The molecule has 0 atom stereocenters. The van der Waals surface area contributed by atoms with Crippen molar-refractivity contribution in [1.82, 2.24) is 0 Å². The van der Waals surface area contributed by atoms with Gasteiger partial charge in [-0.05, 0) is 46.9 Å². The van der Waals surface area contributed by atoms with Gasteiger partial charge < -0.3 is 10.2 Å². The van der Waals surface area contributed by atoms with Crippen molar-refractivity contribution in [3.8, 4) is 22.6 Å². The zero-order chi connectivity index (χ0) is 19.9. The van der Waals surface area contributed by atoms with Crippen molar-refractivity contribution in [3.63, 3.8) is 0 Å². The van der Waals surface area contributed by atoms with Crippen LogP contribution in [0.15, 0.2) is 24.3 Å². The zero-order valence-electron chi connectivity index (χ0n) is 17.6. The van der Waals surface area contributed by atoms with Crippen molar-refractivity contribution in [3.05, 3.63) is 46.5 Å². The van der Waals surface area contributed by atoms with Crippen LogP contribution in [0.2, 0.25) is 0 Å². The summed E-state index contributed by atoms with van der Waals surface area (Å²) in [6.45, 7) is 16.9. The van der Waals surface area contributed by atoms with Gasteiger partial charge in [0.1, 0.15) is 11.5 Å². The van der Waals surface area contributed by atoms with Crippen LogP contribution < -0.4 is 0 Å². The van der Waals surface area contributed by atoms with E-state index in [0.29, 0.717) is 0 Å². The van der Waals surface area contributed by atoms with E-state index in [9.17, 15) is 10.2 Å². The Bertz CT molecular complexity index is 733. The Morgan fingerprint density at radius 2 is 0.923 bits per heavy atom. The Labute approximate surface area is 158 Å². The van der Waals surface area contributed by atoms with Gasteiger partial charge in [-0.1, -0.05) is 67.5 Å². The molecule has 0 aliphatic heterocycles. The molecule has 2 rings (SSSR count). The molecule has 0 heterocycles. The molecule has 142 valence electrons. The van der Waals surface area contributed by atoms with Gasteiger partial charge in [0.2, 0.25) is 0 Å². The Morgan fingerprint density at radius 3 is 1.15 bits per heavy atom. The van der Waals surface area contributed by atoms with Crippen molar-refractivity contribution < 1.29 is 10.2 Å². The second-order valence-electron chi connectivity index (χ2n) is 9.29. The van der Waals surface area contributed by atoms with Crippen molar-refractivity contribution in [1.29, 1.82) is 0 Å². The van der Waals surface area contributed by atoms with Crippen molar-refractivity contribution in [2.24, 2.45) is 0 Å². The Morgan fingerprint density at radius 1 is 0.615 bits per heavy atom. The van der Waals surface area contributed by atoms with Gasteiger partial charge in [0.05, 0.1) is 0 Å². The minimum atomic E-state index is -0.172. The number of rotatable bonds is 3. The molecule has 0 fully saturated rings. The normalized spacial score (nSPS) is 12.5. The van der Waals surface area contributed by atoms with Crippen LogP contribution in [-0.2, 0) is 23.7 Å². The summed E-state index contributed by atoms with van der Waals surface area (Å²) < 4.78 is 0. The summed E-state index contributed by atoms with van der Waals surface area (Å²) in [5, 5.41) is 22.1. The lowest BCUT2D eigenvalue weighted by molar-refractivity contribution is 0.440. The number of benzene rings is 2. The van der Waals surface area contributed by atoms with E-state index in [0.717, 1.165) is 35.1 Å². The third kappa shape index (κ3) is 3.90. The first kappa shape index (κ1) is 20.4. The minimum absolute atomic E-state index is 0.172. The standard InChI is InChI=1S/C24H34O2/c1-9-15-11-17(21(25)19(13-15)23(3,4)5)18-12-16(10-2)14-20(22(18)26)24(6,7)8/h11-14,25-26H,9-10H2,1-8H3. The highest BCUT2D eigenvalue weighted by molar-refractivity contribution is 5.80. The van der Waals surface area contributed by atoms with Gasteiger partial charge >= 0.3 is 0 Å². The maximum Gasteiger partial charge on any atom is 0.127 e. The lowest BCUT2D eigenvalue weighted by Crippen LogP contribution is -2.13. The van der Waals surface area contributed by atoms with Crippen molar-refractivity contribution >= 4 is 0 Å². The molecular weight excluding hydrogens is 320 g/mol. The van der Waals surface area contributed by atoms with Gasteiger partial charge in [-0.2, -0.15) is 0 Å². The van der Waals surface area contributed by atoms with Gasteiger partial charge in [0.15, 0.2) is 0 Å². The molecule has 0 aliphatic carbocycles.